The third-order valence-corrected chi connectivity index (χ3v) is 4.56. The first-order valence-corrected chi connectivity index (χ1v) is 8.16. The van der Waals surface area contributed by atoms with Crippen LogP contribution in [0.25, 0.3) is 5.69 Å². The van der Waals surface area contributed by atoms with Gasteiger partial charge in [0.1, 0.15) is 0 Å². The molecule has 3 nitrogen and oxygen atoms in total. The van der Waals surface area contributed by atoms with Gasteiger partial charge < -0.3 is 5.32 Å². The summed E-state index contributed by atoms with van der Waals surface area (Å²) in [6, 6.07) is 8.41. The Labute approximate surface area is 131 Å². The molecule has 1 N–H and O–H groups in total. The molecule has 1 saturated carbocycles. The van der Waals surface area contributed by atoms with Gasteiger partial charge in [0.25, 0.3) is 0 Å². The minimum Gasteiger partial charge on any atom is -0.381 e. The van der Waals surface area contributed by atoms with Crippen molar-refractivity contribution in [2.24, 2.45) is 5.92 Å². The number of halogens is 1. The third kappa shape index (κ3) is 3.59. The lowest BCUT2D eigenvalue weighted by atomic mass is 10.0. The number of aromatic nitrogens is 2. The molecule has 0 bridgehead atoms. The standard InChI is InChI=1S/C17H22ClN3/c1-13-4-2-5-15(8-6-13)20-16-12-14(18)7-9-17(16)21-11-3-10-19-21/h3,7,9-13,15,20H,2,4-6,8H2,1H3. The van der Waals surface area contributed by atoms with Crippen LogP contribution >= 0.6 is 11.6 Å². The minimum absolute atomic E-state index is 0.530. The molecule has 0 radical (unpaired) electrons. The topological polar surface area (TPSA) is 29.9 Å². The van der Waals surface area contributed by atoms with Crippen LogP contribution in [0, 0.1) is 5.92 Å². The van der Waals surface area contributed by atoms with Gasteiger partial charge >= 0.3 is 0 Å². The molecular formula is C17H22ClN3. The molecule has 0 amide bonds. The van der Waals surface area contributed by atoms with Gasteiger partial charge in [-0.1, -0.05) is 31.4 Å². The molecule has 1 fully saturated rings. The number of benzene rings is 1. The number of hydrogen-bond acceptors (Lipinski definition) is 2. The van der Waals surface area contributed by atoms with E-state index in [4.69, 9.17) is 11.6 Å². The van der Waals surface area contributed by atoms with Gasteiger partial charge in [0, 0.05) is 23.5 Å². The Morgan fingerprint density at radius 1 is 1.24 bits per heavy atom. The van der Waals surface area contributed by atoms with E-state index < -0.39 is 0 Å². The Morgan fingerprint density at radius 2 is 2.14 bits per heavy atom. The maximum absolute atomic E-state index is 6.18. The van der Waals surface area contributed by atoms with Gasteiger partial charge in [0.15, 0.2) is 0 Å². The molecule has 1 aromatic heterocycles. The lowest BCUT2D eigenvalue weighted by Crippen LogP contribution is -2.19. The highest BCUT2D eigenvalue weighted by Crippen LogP contribution is 2.29. The highest BCUT2D eigenvalue weighted by molar-refractivity contribution is 6.31. The SMILES string of the molecule is CC1CCCC(Nc2cc(Cl)ccc2-n2cccn2)CC1. The van der Waals surface area contributed by atoms with Gasteiger partial charge in [-0.2, -0.15) is 5.10 Å². The summed E-state index contributed by atoms with van der Waals surface area (Å²) in [4.78, 5) is 0. The Balaban J connectivity index is 1.82. The largest absolute Gasteiger partial charge is 0.381 e. The number of rotatable bonds is 3. The first-order valence-electron chi connectivity index (χ1n) is 7.78. The normalized spacial score (nSPS) is 22.8. The highest BCUT2D eigenvalue weighted by Gasteiger charge is 2.17. The van der Waals surface area contributed by atoms with Gasteiger partial charge in [0.05, 0.1) is 11.4 Å². The number of anilines is 1. The van der Waals surface area contributed by atoms with Crippen molar-refractivity contribution in [2.45, 2.75) is 45.1 Å². The molecule has 2 aromatic rings. The summed E-state index contributed by atoms with van der Waals surface area (Å²) in [5, 5.41) is 8.79. The van der Waals surface area contributed by atoms with Crippen molar-refractivity contribution < 1.29 is 0 Å². The summed E-state index contributed by atoms with van der Waals surface area (Å²) in [6.07, 6.45) is 10.2. The molecule has 3 rings (SSSR count). The van der Waals surface area contributed by atoms with E-state index in [2.05, 4.69) is 17.3 Å². The van der Waals surface area contributed by atoms with E-state index >= 15 is 0 Å². The van der Waals surface area contributed by atoms with E-state index in [1.54, 1.807) is 6.20 Å². The quantitative estimate of drug-likeness (QED) is 0.817. The fourth-order valence-electron chi connectivity index (χ4n) is 3.09. The summed E-state index contributed by atoms with van der Waals surface area (Å²) in [5.74, 6) is 0.849. The third-order valence-electron chi connectivity index (χ3n) is 4.33. The molecule has 1 aromatic carbocycles. The zero-order valence-corrected chi connectivity index (χ0v) is 13.2. The fourth-order valence-corrected chi connectivity index (χ4v) is 3.26. The van der Waals surface area contributed by atoms with Gasteiger partial charge in [-0.25, -0.2) is 4.68 Å². The monoisotopic (exact) mass is 303 g/mol. The van der Waals surface area contributed by atoms with Crippen LogP contribution in [0.1, 0.15) is 39.0 Å². The summed E-state index contributed by atoms with van der Waals surface area (Å²) < 4.78 is 1.89. The van der Waals surface area contributed by atoms with E-state index in [1.165, 1.54) is 32.1 Å². The van der Waals surface area contributed by atoms with Crippen molar-refractivity contribution in [3.63, 3.8) is 0 Å². The van der Waals surface area contributed by atoms with Crippen LogP contribution in [0.4, 0.5) is 5.69 Å². The van der Waals surface area contributed by atoms with Crippen molar-refractivity contribution in [1.29, 1.82) is 0 Å². The Morgan fingerprint density at radius 3 is 2.95 bits per heavy atom. The second kappa shape index (κ2) is 6.52. The van der Waals surface area contributed by atoms with Crippen LogP contribution in [-0.4, -0.2) is 15.8 Å². The van der Waals surface area contributed by atoms with Crippen LogP contribution in [0.5, 0.6) is 0 Å². The molecule has 0 aliphatic heterocycles. The van der Waals surface area contributed by atoms with Crippen molar-refractivity contribution in [3.05, 3.63) is 41.7 Å². The van der Waals surface area contributed by atoms with Crippen LogP contribution < -0.4 is 5.32 Å². The van der Waals surface area contributed by atoms with Gasteiger partial charge in [-0.3, -0.25) is 0 Å². The Kier molecular flexibility index (Phi) is 4.49. The van der Waals surface area contributed by atoms with Gasteiger partial charge in [-0.05, 0) is 49.4 Å². The predicted octanol–water partition coefficient (Wildman–Crippen LogP) is 4.91. The molecule has 2 unspecified atom stereocenters. The van der Waals surface area contributed by atoms with E-state index in [1.807, 2.05) is 35.1 Å². The molecule has 21 heavy (non-hydrogen) atoms. The van der Waals surface area contributed by atoms with Crippen molar-refractivity contribution in [2.75, 3.05) is 5.32 Å². The Bertz CT molecular complexity index is 580. The molecule has 1 aliphatic carbocycles. The molecular weight excluding hydrogens is 282 g/mol. The molecule has 0 spiro atoms. The maximum Gasteiger partial charge on any atom is 0.0877 e. The zero-order valence-electron chi connectivity index (χ0n) is 12.4. The lowest BCUT2D eigenvalue weighted by Gasteiger charge is -2.20. The van der Waals surface area contributed by atoms with Crippen molar-refractivity contribution in [1.82, 2.24) is 9.78 Å². The summed E-state index contributed by atoms with van der Waals surface area (Å²) in [5.41, 5.74) is 2.13. The first-order chi connectivity index (χ1) is 10.2. The van der Waals surface area contributed by atoms with Gasteiger partial charge in [-0.15, -0.1) is 0 Å². The second-order valence-electron chi connectivity index (χ2n) is 6.07. The molecule has 1 aliphatic rings. The van der Waals surface area contributed by atoms with E-state index in [-0.39, 0.29) is 0 Å². The first kappa shape index (κ1) is 14.5. The van der Waals surface area contributed by atoms with Crippen LogP contribution in [0.15, 0.2) is 36.7 Å². The van der Waals surface area contributed by atoms with E-state index in [0.29, 0.717) is 6.04 Å². The summed E-state index contributed by atoms with van der Waals surface area (Å²) in [7, 11) is 0. The minimum atomic E-state index is 0.530. The van der Waals surface area contributed by atoms with Crippen molar-refractivity contribution in [3.8, 4) is 5.69 Å². The average molecular weight is 304 g/mol. The lowest BCUT2D eigenvalue weighted by molar-refractivity contribution is 0.502. The van der Waals surface area contributed by atoms with Gasteiger partial charge in [0.2, 0.25) is 0 Å². The van der Waals surface area contributed by atoms with Crippen molar-refractivity contribution >= 4 is 17.3 Å². The van der Waals surface area contributed by atoms with Crippen LogP contribution in [0.2, 0.25) is 5.02 Å². The molecule has 2 atom stereocenters. The zero-order chi connectivity index (χ0) is 14.7. The number of hydrogen-bond donors (Lipinski definition) is 1. The summed E-state index contributed by atoms with van der Waals surface area (Å²) in [6.45, 7) is 2.36. The maximum atomic E-state index is 6.18. The molecule has 112 valence electrons. The smallest absolute Gasteiger partial charge is 0.0877 e. The van der Waals surface area contributed by atoms with E-state index in [0.717, 1.165) is 22.3 Å². The average Bonchev–Trinajstić information content (AvgIpc) is 2.91. The fraction of sp³-hybridized carbons (Fsp3) is 0.471. The Hall–Kier alpha value is -1.48. The summed E-state index contributed by atoms with van der Waals surface area (Å²) >= 11 is 6.18. The predicted molar refractivity (Wildman–Crippen MR) is 88.2 cm³/mol. The highest BCUT2D eigenvalue weighted by atomic mass is 35.5. The molecule has 4 heteroatoms. The number of nitrogens with zero attached hydrogens (tertiary/aromatic N) is 2. The number of nitrogens with one attached hydrogen (secondary N) is 1. The molecule has 0 saturated heterocycles. The van der Waals surface area contributed by atoms with Crippen LogP contribution in [-0.2, 0) is 0 Å². The molecule has 1 heterocycles. The van der Waals surface area contributed by atoms with Crippen LogP contribution in [0.3, 0.4) is 0 Å². The second-order valence-corrected chi connectivity index (χ2v) is 6.50. The van der Waals surface area contributed by atoms with E-state index in [9.17, 15) is 0 Å².